The summed E-state index contributed by atoms with van der Waals surface area (Å²) in [6.07, 6.45) is -3.67. The van der Waals surface area contributed by atoms with E-state index in [9.17, 15) is 18.0 Å². The van der Waals surface area contributed by atoms with Gasteiger partial charge >= 0.3 is 12.1 Å². The van der Waals surface area contributed by atoms with E-state index < -0.39 is 17.7 Å². The van der Waals surface area contributed by atoms with E-state index in [1.807, 2.05) is 0 Å². The Hall–Kier alpha value is -2.48. The number of para-hydroxylation sites is 2. The summed E-state index contributed by atoms with van der Waals surface area (Å²) in [6.45, 7) is 0.437. The Bertz CT molecular complexity index is 697. The molecule has 1 atom stereocenters. The molecule has 0 amide bonds. The summed E-state index contributed by atoms with van der Waals surface area (Å²) in [5.74, 6) is -2.46. The molecule has 0 aliphatic heterocycles. The van der Waals surface area contributed by atoms with Gasteiger partial charge in [-0.05, 0) is 25.1 Å². The molecule has 2 aromatic rings. The van der Waals surface area contributed by atoms with Crippen molar-refractivity contribution in [2.45, 2.75) is 18.7 Å². The second-order valence-corrected chi connectivity index (χ2v) is 4.65. The van der Waals surface area contributed by atoms with Crippen molar-refractivity contribution in [1.82, 2.24) is 4.98 Å². The van der Waals surface area contributed by atoms with Gasteiger partial charge in [-0.1, -0.05) is 18.2 Å². The lowest BCUT2D eigenvalue weighted by Crippen LogP contribution is -2.54. The second-order valence-electron chi connectivity index (χ2n) is 4.65. The van der Waals surface area contributed by atoms with Gasteiger partial charge in [0.2, 0.25) is 5.88 Å². The monoisotopic (exact) mass is 363 g/mol. The van der Waals surface area contributed by atoms with Crippen LogP contribution in [0.25, 0.3) is 0 Å². The molecule has 0 aliphatic carbocycles. The quantitative estimate of drug-likeness (QED) is 0.866. The summed E-state index contributed by atoms with van der Waals surface area (Å²) < 4.78 is 49.2. The maximum atomic E-state index is 13.0. The highest BCUT2D eigenvalue weighted by atomic mass is 35.5. The van der Waals surface area contributed by atoms with E-state index in [0.717, 1.165) is 0 Å². The standard InChI is InChI=1S/C15H12F3NO4.ClH/c1-14(13(20)21,15(16,17)18)23-11-7-3-2-6-10(11)22-12-8-4-5-9-19-12;/h2-9H,1H3,(H,20,21);1H. The van der Waals surface area contributed by atoms with E-state index >= 15 is 0 Å². The van der Waals surface area contributed by atoms with E-state index in [0.29, 0.717) is 6.92 Å². The number of carboxylic acids is 1. The molecular formula is C15H13ClF3NO4. The third kappa shape index (κ3) is 4.08. The summed E-state index contributed by atoms with van der Waals surface area (Å²) in [6, 6.07) is 10.2. The average Bonchev–Trinajstić information content (AvgIpc) is 2.49. The smallest absolute Gasteiger partial charge is 0.439 e. The molecule has 24 heavy (non-hydrogen) atoms. The van der Waals surface area contributed by atoms with Crippen LogP contribution in [0.1, 0.15) is 6.92 Å². The van der Waals surface area contributed by atoms with Crippen molar-refractivity contribution in [2.75, 3.05) is 0 Å². The molecule has 5 nitrogen and oxygen atoms in total. The number of alkyl halides is 3. The molecule has 0 radical (unpaired) electrons. The maximum absolute atomic E-state index is 13.0. The number of rotatable bonds is 5. The van der Waals surface area contributed by atoms with Gasteiger partial charge in [0.25, 0.3) is 5.60 Å². The highest BCUT2D eigenvalue weighted by molar-refractivity contribution is 5.85. The molecule has 0 spiro atoms. The number of benzene rings is 1. The molecule has 0 fully saturated rings. The fourth-order valence-electron chi connectivity index (χ4n) is 1.58. The first kappa shape index (κ1) is 19.6. The van der Waals surface area contributed by atoms with E-state index in [2.05, 4.69) is 4.98 Å². The van der Waals surface area contributed by atoms with E-state index in [1.54, 1.807) is 12.1 Å². The van der Waals surface area contributed by atoms with Gasteiger partial charge in [-0.3, -0.25) is 0 Å². The van der Waals surface area contributed by atoms with E-state index in [4.69, 9.17) is 14.6 Å². The second kappa shape index (κ2) is 7.39. The van der Waals surface area contributed by atoms with Gasteiger partial charge in [0, 0.05) is 12.3 Å². The van der Waals surface area contributed by atoms with Crippen LogP contribution in [-0.4, -0.2) is 27.8 Å². The van der Waals surface area contributed by atoms with E-state index in [-0.39, 0.29) is 29.8 Å². The van der Waals surface area contributed by atoms with Crippen molar-refractivity contribution < 1.29 is 32.5 Å². The highest BCUT2D eigenvalue weighted by Crippen LogP contribution is 2.39. The SMILES string of the molecule is CC(Oc1ccccc1Oc1ccccn1)(C(=O)O)C(F)(F)F.Cl. The minimum Gasteiger partial charge on any atom is -0.478 e. The summed E-state index contributed by atoms with van der Waals surface area (Å²) in [5, 5.41) is 8.91. The lowest BCUT2D eigenvalue weighted by atomic mass is 10.1. The number of ether oxygens (including phenoxy) is 2. The summed E-state index contributed by atoms with van der Waals surface area (Å²) in [4.78, 5) is 14.9. The van der Waals surface area contributed by atoms with Gasteiger partial charge in [-0.15, -0.1) is 12.4 Å². The number of nitrogens with zero attached hydrogens (tertiary/aromatic N) is 1. The molecule has 1 heterocycles. The fraction of sp³-hybridized carbons (Fsp3) is 0.200. The van der Waals surface area contributed by atoms with Crippen LogP contribution < -0.4 is 9.47 Å². The first-order chi connectivity index (χ1) is 10.7. The van der Waals surface area contributed by atoms with Crippen LogP contribution in [0.5, 0.6) is 17.4 Å². The number of pyridine rings is 1. The van der Waals surface area contributed by atoms with Crippen molar-refractivity contribution in [3.8, 4) is 17.4 Å². The molecule has 1 aromatic carbocycles. The van der Waals surface area contributed by atoms with Gasteiger partial charge in [-0.2, -0.15) is 13.2 Å². The van der Waals surface area contributed by atoms with Crippen LogP contribution in [0, 0.1) is 0 Å². The minimum atomic E-state index is -5.11. The predicted molar refractivity (Wildman–Crippen MR) is 80.7 cm³/mol. The topological polar surface area (TPSA) is 68.7 Å². The largest absolute Gasteiger partial charge is 0.478 e. The molecule has 1 aromatic heterocycles. The highest BCUT2D eigenvalue weighted by Gasteiger charge is 2.60. The first-order valence-electron chi connectivity index (χ1n) is 6.41. The Kier molecular flexibility index (Phi) is 6.03. The van der Waals surface area contributed by atoms with Gasteiger partial charge in [0.1, 0.15) is 0 Å². The Morgan fingerprint density at radius 1 is 1.08 bits per heavy atom. The first-order valence-corrected chi connectivity index (χ1v) is 6.41. The molecule has 130 valence electrons. The van der Waals surface area contributed by atoms with Gasteiger partial charge in [-0.25, -0.2) is 9.78 Å². The third-order valence-electron chi connectivity index (χ3n) is 2.96. The van der Waals surface area contributed by atoms with Crippen LogP contribution in [0.3, 0.4) is 0 Å². The summed E-state index contributed by atoms with van der Waals surface area (Å²) in [7, 11) is 0. The molecular weight excluding hydrogens is 351 g/mol. The van der Waals surface area contributed by atoms with Crippen molar-refractivity contribution in [3.05, 3.63) is 48.7 Å². The van der Waals surface area contributed by atoms with Crippen LogP contribution in [0.4, 0.5) is 13.2 Å². The van der Waals surface area contributed by atoms with Crippen molar-refractivity contribution in [3.63, 3.8) is 0 Å². The van der Waals surface area contributed by atoms with Crippen molar-refractivity contribution in [1.29, 1.82) is 0 Å². The summed E-state index contributed by atoms with van der Waals surface area (Å²) >= 11 is 0. The van der Waals surface area contributed by atoms with Crippen LogP contribution in [0.15, 0.2) is 48.7 Å². The Balaban J connectivity index is 0.00000288. The number of aliphatic carboxylic acids is 1. The maximum Gasteiger partial charge on any atom is 0.439 e. The van der Waals surface area contributed by atoms with Crippen LogP contribution in [0.2, 0.25) is 0 Å². The predicted octanol–water partition coefficient (Wildman–Crippen LogP) is 4.08. The molecule has 9 heteroatoms. The Morgan fingerprint density at radius 2 is 1.67 bits per heavy atom. The fourth-order valence-corrected chi connectivity index (χ4v) is 1.58. The van der Waals surface area contributed by atoms with Crippen LogP contribution in [-0.2, 0) is 4.79 Å². The minimum absolute atomic E-state index is 0. The normalized spacial score (nSPS) is 13.3. The molecule has 0 bridgehead atoms. The lowest BCUT2D eigenvalue weighted by molar-refractivity contribution is -0.245. The molecule has 1 unspecified atom stereocenters. The van der Waals surface area contributed by atoms with Gasteiger partial charge in [0.15, 0.2) is 11.5 Å². The zero-order chi connectivity index (χ0) is 17.1. The molecule has 0 saturated carbocycles. The number of hydrogen-bond donors (Lipinski definition) is 1. The molecule has 0 aliphatic rings. The number of hydrogen-bond acceptors (Lipinski definition) is 4. The Labute approximate surface area is 141 Å². The zero-order valence-electron chi connectivity index (χ0n) is 12.3. The van der Waals surface area contributed by atoms with E-state index in [1.165, 1.54) is 36.5 Å². The third-order valence-corrected chi connectivity index (χ3v) is 2.96. The lowest BCUT2D eigenvalue weighted by Gasteiger charge is -2.29. The molecule has 2 rings (SSSR count). The van der Waals surface area contributed by atoms with Gasteiger partial charge in [0.05, 0.1) is 0 Å². The van der Waals surface area contributed by atoms with Crippen molar-refractivity contribution in [2.24, 2.45) is 0 Å². The molecule has 0 saturated heterocycles. The number of carbonyl (C=O) groups is 1. The number of halogens is 4. The summed E-state index contributed by atoms with van der Waals surface area (Å²) in [5.41, 5.74) is -3.41. The van der Waals surface area contributed by atoms with Crippen molar-refractivity contribution >= 4 is 18.4 Å². The zero-order valence-corrected chi connectivity index (χ0v) is 13.1. The van der Waals surface area contributed by atoms with Gasteiger partial charge < -0.3 is 14.6 Å². The average molecular weight is 364 g/mol. The Morgan fingerprint density at radius 3 is 2.17 bits per heavy atom. The number of carboxylic acid groups (broad SMARTS) is 1. The molecule has 1 N–H and O–H groups in total. The number of aromatic nitrogens is 1. The van der Waals surface area contributed by atoms with Crippen LogP contribution >= 0.6 is 12.4 Å².